The fraction of sp³-hybridized carbons (Fsp3) is 0.458. The summed E-state index contributed by atoms with van der Waals surface area (Å²) in [4.78, 5) is 14.8. The number of rotatable bonds is 8. The van der Waals surface area contributed by atoms with Gasteiger partial charge in [-0.05, 0) is 68.7 Å². The highest BCUT2D eigenvalue weighted by molar-refractivity contribution is 7.89. The number of benzene rings is 2. The lowest BCUT2D eigenvalue weighted by atomic mass is 9.90. The van der Waals surface area contributed by atoms with Gasteiger partial charge in [0.05, 0.1) is 4.90 Å². The third-order valence-corrected chi connectivity index (χ3v) is 7.26. The Morgan fingerprint density at radius 3 is 2.23 bits per heavy atom. The fourth-order valence-electron chi connectivity index (χ4n) is 3.96. The summed E-state index contributed by atoms with van der Waals surface area (Å²) < 4.78 is 27.0. The number of hydrogen-bond donors (Lipinski definition) is 1. The van der Waals surface area contributed by atoms with Crippen LogP contribution in [0.25, 0.3) is 0 Å². The van der Waals surface area contributed by atoms with E-state index in [-0.39, 0.29) is 16.8 Å². The number of piperidine rings is 1. The average Bonchev–Trinajstić information content (AvgIpc) is 2.73. The summed E-state index contributed by atoms with van der Waals surface area (Å²) >= 11 is 0. The van der Waals surface area contributed by atoms with Gasteiger partial charge in [0.15, 0.2) is 0 Å². The first-order valence-electron chi connectivity index (χ1n) is 10.8. The molecule has 0 unspecified atom stereocenters. The Balaban J connectivity index is 1.45. The minimum absolute atomic E-state index is 0.149. The van der Waals surface area contributed by atoms with Gasteiger partial charge >= 0.3 is 0 Å². The number of carbonyl (C=O) groups excluding carboxylic acids is 1. The van der Waals surface area contributed by atoms with Crippen molar-refractivity contribution in [1.29, 1.82) is 0 Å². The van der Waals surface area contributed by atoms with E-state index < -0.39 is 10.0 Å². The van der Waals surface area contributed by atoms with Gasteiger partial charge < -0.3 is 4.90 Å². The minimum atomic E-state index is -3.48. The first kappa shape index (κ1) is 22.5. The molecule has 0 bridgehead atoms. The SMILES string of the molecule is CC(C)NS(=O)(=O)c1ccc(CCC(=O)N2CCC(Cc3ccccc3)CC2)cc1. The van der Waals surface area contributed by atoms with E-state index in [1.165, 1.54) is 5.56 Å². The third kappa shape index (κ3) is 6.41. The number of hydrogen-bond acceptors (Lipinski definition) is 3. The maximum absolute atomic E-state index is 12.6. The van der Waals surface area contributed by atoms with E-state index in [1.807, 2.05) is 11.0 Å². The van der Waals surface area contributed by atoms with E-state index in [9.17, 15) is 13.2 Å². The van der Waals surface area contributed by atoms with Crippen LogP contribution in [0.4, 0.5) is 0 Å². The van der Waals surface area contributed by atoms with E-state index >= 15 is 0 Å². The van der Waals surface area contributed by atoms with E-state index in [1.54, 1.807) is 38.1 Å². The highest BCUT2D eigenvalue weighted by atomic mass is 32.2. The van der Waals surface area contributed by atoms with Gasteiger partial charge in [-0.2, -0.15) is 0 Å². The summed E-state index contributed by atoms with van der Waals surface area (Å²) in [5.74, 6) is 0.830. The first-order valence-corrected chi connectivity index (χ1v) is 12.2. The molecule has 1 fully saturated rings. The molecular formula is C24H32N2O3S. The van der Waals surface area contributed by atoms with Crippen molar-refractivity contribution in [1.82, 2.24) is 9.62 Å². The number of nitrogens with one attached hydrogen (secondary N) is 1. The van der Waals surface area contributed by atoms with Crippen molar-refractivity contribution < 1.29 is 13.2 Å². The van der Waals surface area contributed by atoms with Crippen LogP contribution in [0.2, 0.25) is 0 Å². The van der Waals surface area contributed by atoms with Gasteiger partial charge in [-0.1, -0.05) is 42.5 Å². The molecule has 6 heteroatoms. The number of aryl methyl sites for hydroxylation is 1. The highest BCUT2D eigenvalue weighted by Gasteiger charge is 2.23. The monoisotopic (exact) mass is 428 g/mol. The second-order valence-electron chi connectivity index (χ2n) is 8.43. The number of likely N-dealkylation sites (tertiary alicyclic amines) is 1. The molecule has 1 amide bonds. The Hall–Kier alpha value is -2.18. The molecule has 1 aliphatic rings. The fourth-order valence-corrected chi connectivity index (χ4v) is 5.21. The van der Waals surface area contributed by atoms with Crippen molar-refractivity contribution in [3.63, 3.8) is 0 Å². The molecule has 0 radical (unpaired) electrons. The van der Waals surface area contributed by atoms with Gasteiger partial charge in [-0.15, -0.1) is 0 Å². The maximum Gasteiger partial charge on any atom is 0.240 e. The molecule has 2 aromatic rings. The van der Waals surface area contributed by atoms with Crippen LogP contribution in [0.15, 0.2) is 59.5 Å². The zero-order valence-corrected chi connectivity index (χ0v) is 18.7. The Morgan fingerprint density at radius 1 is 1.00 bits per heavy atom. The predicted octanol–water partition coefficient (Wildman–Crippen LogP) is 3.79. The van der Waals surface area contributed by atoms with Crippen molar-refractivity contribution in [2.45, 2.75) is 56.9 Å². The Labute approximate surface area is 180 Å². The number of nitrogens with zero attached hydrogens (tertiary/aromatic N) is 1. The van der Waals surface area contributed by atoms with Crippen molar-refractivity contribution in [3.05, 3.63) is 65.7 Å². The van der Waals surface area contributed by atoms with Gasteiger partial charge in [0.2, 0.25) is 15.9 Å². The van der Waals surface area contributed by atoms with E-state index in [0.717, 1.165) is 37.9 Å². The Bertz CT molecular complexity index is 917. The lowest BCUT2D eigenvalue weighted by Crippen LogP contribution is -2.39. The van der Waals surface area contributed by atoms with E-state index in [4.69, 9.17) is 0 Å². The van der Waals surface area contributed by atoms with Crippen molar-refractivity contribution in [2.75, 3.05) is 13.1 Å². The van der Waals surface area contributed by atoms with Crippen LogP contribution in [0.1, 0.15) is 44.2 Å². The molecule has 0 spiro atoms. The van der Waals surface area contributed by atoms with Crippen LogP contribution in [-0.2, 0) is 27.7 Å². The first-order chi connectivity index (χ1) is 14.3. The molecule has 162 valence electrons. The highest BCUT2D eigenvalue weighted by Crippen LogP contribution is 2.22. The van der Waals surface area contributed by atoms with Crippen LogP contribution >= 0.6 is 0 Å². The smallest absolute Gasteiger partial charge is 0.240 e. The molecular weight excluding hydrogens is 396 g/mol. The summed E-state index contributed by atoms with van der Waals surface area (Å²) in [6, 6.07) is 17.2. The molecule has 0 aromatic heterocycles. The Kier molecular flexibility index (Phi) is 7.67. The molecule has 1 N–H and O–H groups in total. The van der Waals surface area contributed by atoms with Gasteiger partial charge in [0, 0.05) is 25.6 Å². The zero-order chi connectivity index (χ0) is 21.6. The summed E-state index contributed by atoms with van der Waals surface area (Å²) in [5.41, 5.74) is 2.35. The standard InChI is InChI=1S/C24H32N2O3S/c1-19(2)25-30(28,29)23-11-8-20(9-12-23)10-13-24(27)26-16-14-22(15-17-26)18-21-6-4-3-5-7-21/h3-9,11-12,19,22,25H,10,13-18H2,1-2H3. The van der Waals surface area contributed by atoms with Crippen LogP contribution in [0, 0.1) is 5.92 Å². The summed E-state index contributed by atoms with van der Waals surface area (Å²) in [7, 11) is -3.48. The van der Waals surface area contributed by atoms with Crippen LogP contribution in [0.3, 0.4) is 0 Å². The van der Waals surface area contributed by atoms with Gasteiger partial charge in [0.25, 0.3) is 0 Å². The third-order valence-electron chi connectivity index (χ3n) is 5.59. The van der Waals surface area contributed by atoms with Gasteiger partial charge in [0.1, 0.15) is 0 Å². The molecule has 0 saturated carbocycles. The predicted molar refractivity (Wildman–Crippen MR) is 120 cm³/mol. The Morgan fingerprint density at radius 2 is 1.63 bits per heavy atom. The molecule has 0 atom stereocenters. The number of sulfonamides is 1. The number of amides is 1. The molecule has 1 heterocycles. The van der Waals surface area contributed by atoms with Crippen LogP contribution in [-0.4, -0.2) is 38.4 Å². The second-order valence-corrected chi connectivity index (χ2v) is 10.1. The molecule has 30 heavy (non-hydrogen) atoms. The van der Waals surface area contributed by atoms with E-state index in [0.29, 0.717) is 18.8 Å². The molecule has 3 rings (SSSR count). The second kappa shape index (κ2) is 10.2. The lowest BCUT2D eigenvalue weighted by molar-refractivity contribution is -0.132. The van der Waals surface area contributed by atoms with Crippen LogP contribution in [0.5, 0.6) is 0 Å². The minimum Gasteiger partial charge on any atom is -0.343 e. The average molecular weight is 429 g/mol. The molecule has 1 saturated heterocycles. The quantitative estimate of drug-likeness (QED) is 0.696. The zero-order valence-electron chi connectivity index (χ0n) is 17.9. The largest absolute Gasteiger partial charge is 0.343 e. The van der Waals surface area contributed by atoms with Crippen molar-refractivity contribution in [2.24, 2.45) is 5.92 Å². The van der Waals surface area contributed by atoms with Crippen LogP contribution < -0.4 is 4.72 Å². The summed E-state index contributed by atoms with van der Waals surface area (Å²) in [5, 5.41) is 0. The topological polar surface area (TPSA) is 66.5 Å². The molecule has 0 aliphatic carbocycles. The summed E-state index contributed by atoms with van der Waals surface area (Å²) in [6.07, 6.45) is 4.27. The lowest BCUT2D eigenvalue weighted by Gasteiger charge is -2.32. The molecule has 1 aliphatic heterocycles. The normalized spacial score (nSPS) is 15.5. The number of carbonyl (C=O) groups is 1. The summed E-state index contributed by atoms with van der Waals surface area (Å²) in [6.45, 7) is 5.24. The van der Waals surface area contributed by atoms with Crippen molar-refractivity contribution >= 4 is 15.9 Å². The maximum atomic E-state index is 12.6. The van der Waals surface area contributed by atoms with Gasteiger partial charge in [-0.25, -0.2) is 13.1 Å². The van der Waals surface area contributed by atoms with Gasteiger partial charge in [-0.3, -0.25) is 4.79 Å². The van der Waals surface area contributed by atoms with E-state index in [2.05, 4.69) is 29.0 Å². The molecule has 5 nitrogen and oxygen atoms in total. The molecule has 2 aromatic carbocycles. The van der Waals surface area contributed by atoms with Crippen molar-refractivity contribution in [3.8, 4) is 0 Å².